The maximum absolute atomic E-state index is 5.53. The van der Waals surface area contributed by atoms with Crippen LogP contribution in [0, 0.1) is 4.77 Å². The number of nitrogens with one attached hydrogen (secondary N) is 1. The van der Waals surface area contributed by atoms with Gasteiger partial charge in [-0.3, -0.25) is 4.57 Å². The third-order valence-electron chi connectivity index (χ3n) is 3.68. The van der Waals surface area contributed by atoms with Gasteiger partial charge in [-0.05, 0) is 36.7 Å². The highest BCUT2D eigenvalue weighted by molar-refractivity contribution is 7.71. The monoisotopic (exact) mass is 286 g/mol. The molecule has 2 aromatic heterocycles. The number of para-hydroxylation sites is 1. The topological polar surface area (TPSA) is 38.5 Å². The molecular weight excluding hydrogens is 268 g/mol. The lowest BCUT2D eigenvalue weighted by molar-refractivity contribution is 0.747. The summed E-state index contributed by atoms with van der Waals surface area (Å²) in [6, 6.07) is 8.37. The number of benzene rings is 1. The van der Waals surface area contributed by atoms with Gasteiger partial charge in [0.2, 0.25) is 0 Å². The molecule has 0 bridgehead atoms. The predicted molar refractivity (Wildman–Crippen MR) is 84.0 cm³/mol. The summed E-state index contributed by atoms with van der Waals surface area (Å²) in [6.45, 7) is 4.27. The van der Waals surface area contributed by atoms with E-state index in [1.54, 1.807) is 0 Å². The average Bonchev–Trinajstić information content (AvgIpc) is 2.95. The van der Waals surface area contributed by atoms with Crippen LogP contribution in [-0.4, -0.2) is 19.3 Å². The summed E-state index contributed by atoms with van der Waals surface area (Å²) < 4.78 is 4.73. The molecule has 0 aliphatic rings. The van der Waals surface area contributed by atoms with Crippen LogP contribution in [0.1, 0.15) is 25.1 Å². The van der Waals surface area contributed by atoms with Crippen LogP contribution in [0.2, 0.25) is 0 Å². The molecule has 0 saturated carbocycles. The predicted octanol–water partition coefficient (Wildman–Crippen LogP) is 3.55. The van der Waals surface area contributed by atoms with Crippen molar-refractivity contribution < 1.29 is 0 Å². The van der Waals surface area contributed by atoms with Gasteiger partial charge in [0, 0.05) is 7.05 Å². The summed E-state index contributed by atoms with van der Waals surface area (Å²) >= 11 is 5.53. The van der Waals surface area contributed by atoms with Gasteiger partial charge in [-0.25, -0.2) is 4.68 Å². The molecule has 3 aromatic rings. The fraction of sp³-hybridized carbons (Fsp3) is 0.333. The number of fused-ring (bicyclic) bond motifs is 1. The van der Waals surface area contributed by atoms with E-state index in [0.29, 0.717) is 0 Å². The van der Waals surface area contributed by atoms with Crippen LogP contribution < -0.4 is 0 Å². The lowest BCUT2D eigenvalue weighted by atomic mass is 10.1. The molecule has 4 nitrogen and oxygen atoms in total. The number of aromatic amines is 1. The molecular formula is C15H18N4S. The second-order valence-electron chi connectivity index (χ2n) is 4.87. The Morgan fingerprint density at radius 1 is 1.20 bits per heavy atom. The van der Waals surface area contributed by atoms with Crippen molar-refractivity contribution in [3.8, 4) is 5.69 Å². The van der Waals surface area contributed by atoms with Crippen molar-refractivity contribution in [2.75, 3.05) is 0 Å². The van der Waals surface area contributed by atoms with Gasteiger partial charge in [-0.15, -0.1) is 0 Å². The zero-order valence-corrected chi connectivity index (χ0v) is 12.8. The van der Waals surface area contributed by atoms with Gasteiger partial charge in [-0.1, -0.05) is 32.0 Å². The molecule has 0 atom stereocenters. The highest BCUT2D eigenvalue weighted by Crippen LogP contribution is 2.24. The number of H-pyrrole nitrogens is 1. The fourth-order valence-electron chi connectivity index (χ4n) is 2.71. The minimum atomic E-state index is 0.726. The maximum Gasteiger partial charge on any atom is 0.184 e. The Hall–Kier alpha value is -1.88. The standard InChI is InChI=1S/C15H18N4S/c1-4-10-8-6-7-9-12(10)19-14-13(16-15(19)20)11(5-2)17-18(14)3/h6-9H,4-5H2,1-3H3,(H,16,20). The summed E-state index contributed by atoms with van der Waals surface area (Å²) in [7, 11) is 1.97. The first kappa shape index (κ1) is 13.1. The van der Waals surface area contributed by atoms with Gasteiger partial charge >= 0.3 is 0 Å². The molecule has 0 aliphatic carbocycles. The molecule has 0 saturated heterocycles. The second kappa shape index (κ2) is 4.90. The van der Waals surface area contributed by atoms with Gasteiger partial charge in [-0.2, -0.15) is 5.10 Å². The molecule has 5 heteroatoms. The van der Waals surface area contributed by atoms with E-state index in [9.17, 15) is 0 Å². The molecule has 0 aliphatic heterocycles. The van der Waals surface area contributed by atoms with E-state index in [4.69, 9.17) is 12.2 Å². The molecule has 3 rings (SSSR count). The molecule has 0 radical (unpaired) electrons. The average molecular weight is 286 g/mol. The highest BCUT2D eigenvalue weighted by atomic mass is 32.1. The van der Waals surface area contributed by atoms with Crippen LogP contribution >= 0.6 is 12.2 Å². The molecule has 20 heavy (non-hydrogen) atoms. The summed E-state index contributed by atoms with van der Waals surface area (Å²) in [5.41, 5.74) is 5.56. The molecule has 1 aromatic carbocycles. The van der Waals surface area contributed by atoms with Gasteiger partial charge in [0.15, 0.2) is 10.4 Å². The Morgan fingerprint density at radius 2 is 1.95 bits per heavy atom. The van der Waals surface area contributed by atoms with Crippen molar-refractivity contribution in [2.24, 2.45) is 7.05 Å². The number of aromatic nitrogens is 4. The Bertz CT molecular complexity index is 822. The zero-order valence-electron chi connectivity index (χ0n) is 12.0. The normalized spacial score (nSPS) is 11.3. The van der Waals surface area contributed by atoms with Crippen molar-refractivity contribution in [1.29, 1.82) is 0 Å². The number of rotatable bonds is 3. The summed E-state index contributed by atoms with van der Waals surface area (Å²) in [5, 5.41) is 4.57. The smallest absolute Gasteiger partial charge is 0.184 e. The van der Waals surface area contributed by atoms with Crippen molar-refractivity contribution in [3.05, 3.63) is 40.3 Å². The zero-order chi connectivity index (χ0) is 14.3. The van der Waals surface area contributed by atoms with Crippen molar-refractivity contribution in [1.82, 2.24) is 19.3 Å². The van der Waals surface area contributed by atoms with E-state index in [1.807, 2.05) is 17.8 Å². The number of imidazole rings is 1. The molecule has 0 unspecified atom stereocenters. The van der Waals surface area contributed by atoms with E-state index in [-0.39, 0.29) is 0 Å². The largest absolute Gasteiger partial charge is 0.327 e. The first-order valence-corrected chi connectivity index (χ1v) is 7.33. The van der Waals surface area contributed by atoms with Crippen LogP contribution in [0.15, 0.2) is 24.3 Å². The van der Waals surface area contributed by atoms with E-state index in [1.165, 1.54) is 5.56 Å². The molecule has 0 fully saturated rings. The van der Waals surface area contributed by atoms with E-state index in [0.717, 1.165) is 40.2 Å². The maximum atomic E-state index is 5.53. The molecule has 0 amide bonds. The Kier molecular flexibility index (Phi) is 3.22. The third-order valence-corrected chi connectivity index (χ3v) is 3.97. The minimum absolute atomic E-state index is 0.726. The summed E-state index contributed by atoms with van der Waals surface area (Å²) in [5.74, 6) is 0. The quantitative estimate of drug-likeness (QED) is 0.748. The number of nitrogens with zero attached hydrogens (tertiary/aromatic N) is 3. The highest BCUT2D eigenvalue weighted by Gasteiger charge is 2.16. The number of aryl methyl sites for hydroxylation is 3. The fourth-order valence-corrected chi connectivity index (χ4v) is 3.00. The van der Waals surface area contributed by atoms with Gasteiger partial charge < -0.3 is 4.98 Å². The second-order valence-corrected chi connectivity index (χ2v) is 5.26. The van der Waals surface area contributed by atoms with Crippen LogP contribution in [0.4, 0.5) is 0 Å². The van der Waals surface area contributed by atoms with Crippen LogP contribution in [0.5, 0.6) is 0 Å². The Balaban J connectivity index is 2.39. The number of hydrogen-bond donors (Lipinski definition) is 1. The molecule has 0 spiro atoms. The van der Waals surface area contributed by atoms with E-state index >= 15 is 0 Å². The van der Waals surface area contributed by atoms with Crippen LogP contribution in [0.25, 0.3) is 16.9 Å². The van der Waals surface area contributed by atoms with Crippen molar-refractivity contribution >= 4 is 23.4 Å². The van der Waals surface area contributed by atoms with E-state index in [2.05, 4.69) is 46.7 Å². The lowest BCUT2D eigenvalue weighted by Gasteiger charge is -2.09. The van der Waals surface area contributed by atoms with E-state index < -0.39 is 0 Å². The van der Waals surface area contributed by atoms with Crippen molar-refractivity contribution in [3.63, 3.8) is 0 Å². The minimum Gasteiger partial charge on any atom is -0.327 e. The SMILES string of the molecule is CCc1ccccc1-n1c(=S)[nH]c2c(CC)nn(C)c21. The lowest BCUT2D eigenvalue weighted by Crippen LogP contribution is -2.03. The molecule has 2 heterocycles. The van der Waals surface area contributed by atoms with Gasteiger partial charge in [0.1, 0.15) is 5.52 Å². The van der Waals surface area contributed by atoms with Gasteiger partial charge in [0.05, 0.1) is 11.4 Å². The third kappa shape index (κ3) is 1.81. The Morgan fingerprint density at radius 3 is 2.65 bits per heavy atom. The first-order chi connectivity index (χ1) is 9.67. The number of hydrogen-bond acceptors (Lipinski definition) is 2. The van der Waals surface area contributed by atoms with Crippen molar-refractivity contribution in [2.45, 2.75) is 26.7 Å². The Labute approximate surface area is 123 Å². The molecule has 1 N–H and O–H groups in total. The van der Waals surface area contributed by atoms with Gasteiger partial charge in [0.25, 0.3) is 0 Å². The van der Waals surface area contributed by atoms with Crippen LogP contribution in [0.3, 0.4) is 0 Å². The van der Waals surface area contributed by atoms with Crippen LogP contribution in [-0.2, 0) is 19.9 Å². The first-order valence-electron chi connectivity index (χ1n) is 6.92. The summed E-state index contributed by atoms with van der Waals surface area (Å²) in [6.07, 6.45) is 1.87. The summed E-state index contributed by atoms with van der Waals surface area (Å²) in [4.78, 5) is 3.31. The molecule has 104 valence electrons.